The Hall–Kier alpha value is -3.51. The summed E-state index contributed by atoms with van der Waals surface area (Å²) in [6, 6.07) is 21.6. The molecule has 31 heavy (non-hydrogen) atoms. The highest BCUT2D eigenvalue weighted by atomic mass is 35.5. The van der Waals surface area contributed by atoms with Gasteiger partial charge in [0.05, 0.1) is 25.0 Å². The van der Waals surface area contributed by atoms with E-state index < -0.39 is 0 Å². The van der Waals surface area contributed by atoms with Gasteiger partial charge in [-0.1, -0.05) is 35.9 Å². The molecule has 6 nitrogen and oxygen atoms in total. The van der Waals surface area contributed by atoms with Crippen LogP contribution in [0.2, 0.25) is 5.02 Å². The molecule has 0 aliphatic carbocycles. The molecule has 7 heteroatoms. The van der Waals surface area contributed by atoms with Gasteiger partial charge in [-0.25, -0.2) is 0 Å². The second kappa shape index (κ2) is 11.0. The minimum atomic E-state index is -0.255. The van der Waals surface area contributed by atoms with Crippen molar-refractivity contribution in [1.82, 2.24) is 5.32 Å². The first-order chi connectivity index (χ1) is 15.0. The monoisotopic (exact) mass is 437 g/mol. The quantitative estimate of drug-likeness (QED) is 0.464. The van der Waals surface area contributed by atoms with Crippen LogP contribution in [-0.2, 0) is 11.2 Å². The average Bonchev–Trinajstić information content (AvgIpc) is 2.79. The first-order valence-corrected chi connectivity index (χ1v) is 10.2. The molecule has 0 aliphatic heterocycles. The Morgan fingerprint density at radius 3 is 2.26 bits per heavy atom. The van der Waals surface area contributed by atoms with Crippen LogP contribution in [0.5, 0.6) is 5.75 Å². The van der Waals surface area contributed by atoms with Crippen molar-refractivity contribution in [3.8, 4) is 5.75 Å². The number of anilines is 2. The normalized spacial score (nSPS) is 10.3. The summed E-state index contributed by atoms with van der Waals surface area (Å²) < 4.78 is 5.14. The van der Waals surface area contributed by atoms with Gasteiger partial charge in [-0.2, -0.15) is 0 Å². The summed E-state index contributed by atoms with van der Waals surface area (Å²) in [5.41, 5.74) is 2.86. The van der Waals surface area contributed by atoms with Crippen LogP contribution in [0.3, 0.4) is 0 Å². The van der Waals surface area contributed by atoms with Crippen molar-refractivity contribution >= 4 is 34.8 Å². The molecule has 3 N–H and O–H groups in total. The Kier molecular flexibility index (Phi) is 7.90. The molecule has 0 aromatic heterocycles. The van der Waals surface area contributed by atoms with Gasteiger partial charge in [0, 0.05) is 17.1 Å². The fourth-order valence-electron chi connectivity index (χ4n) is 2.92. The smallest absolute Gasteiger partial charge is 0.255 e. The SMILES string of the molecule is COc1ccc(CCNC(=O)CNc2ccccc2NC(=O)c2ccc(Cl)cc2)cc1. The fraction of sp³-hybridized carbons (Fsp3) is 0.167. The summed E-state index contributed by atoms with van der Waals surface area (Å²) in [5.74, 6) is 0.418. The molecule has 0 spiro atoms. The molecule has 0 radical (unpaired) electrons. The lowest BCUT2D eigenvalue weighted by molar-refractivity contribution is -0.119. The van der Waals surface area contributed by atoms with E-state index in [1.54, 1.807) is 37.4 Å². The summed E-state index contributed by atoms with van der Waals surface area (Å²) in [5, 5.41) is 9.39. The first-order valence-electron chi connectivity index (χ1n) is 9.84. The number of amides is 2. The molecule has 0 bridgehead atoms. The highest BCUT2D eigenvalue weighted by Crippen LogP contribution is 2.22. The predicted octanol–water partition coefficient (Wildman–Crippen LogP) is 4.37. The summed E-state index contributed by atoms with van der Waals surface area (Å²) in [7, 11) is 1.63. The number of carbonyl (C=O) groups is 2. The zero-order valence-corrected chi connectivity index (χ0v) is 17.9. The van der Waals surface area contributed by atoms with Crippen molar-refractivity contribution in [2.75, 3.05) is 30.8 Å². The zero-order chi connectivity index (χ0) is 22.1. The van der Waals surface area contributed by atoms with Crippen molar-refractivity contribution in [3.05, 3.63) is 88.9 Å². The number of para-hydroxylation sites is 2. The molecule has 3 rings (SSSR count). The first kappa shape index (κ1) is 22.2. The molecule has 0 aliphatic rings. The predicted molar refractivity (Wildman–Crippen MR) is 124 cm³/mol. The number of ether oxygens (including phenoxy) is 1. The van der Waals surface area contributed by atoms with Crippen LogP contribution >= 0.6 is 11.6 Å². The van der Waals surface area contributed by atoms with Gasteiger partial charge >= 0.3 is 0 Å². The number of rotatable bonds is 9. The maximum Gasteiger partial charge on any atom is 0.255 e. The molecule has 0 fully saturated rings. The van der Waals surface area contributed by atoms with E-state index in [0.29, 0.717) is 28.5 Å². The van der Waals surface area contributed by atoms with E-state index in [1.807, 2.05) is 42.5 Å². The van der Waals surface area contributed by atoms with E-state index in [-0.39, 0.29) is 18.4 Å². The van der Waals surface area contributed by atoms with Gasteiger partial charge in [-0.15, -0.1) is 0 Å². The molecule has 0 saturated heterocycles. The molecule has 0 saturated carbocycles. The van der Waals surface area contributed by atoms with E-state index in [9.17, 15) is 9.59 Å². The summed E-state index contributed by atoms with van der Waals surface area (Å²) >= 11 is 5.87. The van der Waals surface area contributed by atoms with Crippen molar-refractivity contribution in [3.63, 3.8) is 0 Å². The summed E-state index contributed by atoms with van der Waals surface area (Å²) in [6.07, 6.45) is 0.726. The Morgan fingerprint density at radius 1 is 0.903 bits per heavy atom. The Labute approximate surface area is 186 Å². The molecule has 0 atom stereocenters. The Bertz CT molecular complexity index is 1020. The average molecular weight is 438 g/mol. The number of benzene rings is 3. The number of hydrogen-bond donors (Lipinski definition) is 3. The maximum absolute atomic E-state index is 12.5. The minimum Gasteiger partial charge on any atom is -0.497 e. The lowest BCUT2D eigenvalue weighted by Gasteiger charge is -2.13. The van der Waals surface area contributed by atoms with Crippen LogP contribution in [0.1, 0.15) is 15.9 Å². The van der Waals surface area contributed by atoms with Crippen LogP contribution in [0, 0.1) is 0 Å². The van der Waals surface area contributed by atoms with Gasteiger partial charge in [0.2, 0.25) is 5.91 Å². The van der Waals surface area contributed by atoms with Gasteiger partial charge in [0.15, 0.2) is 0 Å². The van der Waals surface area contributed by atoms with Crippen LogP contribution in [0.4, 0.5) is 11.4 Å². The van der Waals surface area contributed by atoms with Gasteiger partial charge in [-0.05, 0) is 60.5 Å². The van der Waals surface area contributed by atoms with Crippen molar-refractivity contribution in [2.24, 2.45) is 0 Å². The maximum atomic E-state index is 12.5. The minimum absolute atomic E-state index is 0.0937. The number of hydrogen-bond acceptors (Lipinski definition) is 4. The second-order valence-corrected chi connectivity index (χ2v) is 7.24. The third-order valence-corrected chi connectivity index (χ3v) is 4.87. The van der Waals surface area contributed by atoms with Gasteiger partial charge in [0.25, 0.3) is 5.91 Å². The number of methoxy groups -OCH3 is 1. The third kappa shape index (κ3) is 6.76. The molecule has 0 unspecified atom stereocenters. The van der Waals surface area contributed by atoms with Crippen LogP contribution in [0.15, 0.2) is 72.8 Å². The van der Waals surface area contributed by atoms with Gasteiger partial charge < -0.3 is 20.7 Å². The number of nitrogens with one attached hydrogen (secondary N) is 3. The molecular formula is C24H24ClN3O3. The Balaban J connectivity index is 1.49. The fourth-order valence-corrected chi connectivity index (χ4v) is 3.04. The van der Waals surface area contributed by atoms with E-state index in [1.165, 1.54) is 0 Å². The van der Waals surface area contributed by atoms with Gasteiger partial charge in [-0.3, -0.25) is 9.59 Å². The lowest BCUT2D eigenvalue weighted by Crippen LogP contribution is -2.31. The van der Waals surface area contributed by atoms with Gasteiger partial charge in [0.1, 0.15) is 5.75 Å². The van der Waals surface area contributed by atoms with Crippen molar-refractivity contribution in [2.45, 2.75) is 6.42 Å². The van der Waals surface area contributed by atoms with Crippen molar-refractivity contribution < 1.29 is 14.3 Å². The highest BCUT2D eigenvalue weighted by molar-refractivity contribution is 6.30. The molecule has 0 heterocycles. The third-order valence-electron chi connectivity index (χ3n) is 4.62. The molecular weight excluding hydrogens is 414 g/mol. The van der Waals surface area contributed by atoms with Crippen LogP contribution < -0.4 is 20.7 Å². The summed E-state index contributed by atoms with van der Waals surface area (Å²) in [6.45, 7) is 0.623. The van der Waals surface area contributed by atoms with E-state index in [2.05, 4.69) is 16.0 Å². The second-order valence-electron chi connectivity index (χ2n) is 6.81. The van der Waals surface area contributed by atoms with E-state index >= 15 is 0 Å². The molecule has 3 aromatic rings. The van der Waals surface area contributed by atoms with Crippen LogP contribution in [0.25, 0.3) is 0 Å². The highest BCUT2D eigenvalue weighted by Gasteiger charge is 2.10. The molecule has 160 valence electrons. The molecule has 3 aromatic carbocycles. The molecule has 2 amide bonds. The standard InChI is InChI=1S/C24H24ClN3O3/c1-31-20-12-6-17(7-13-20)14-15-26-23(29)16-27-21-4-2-3-5-22(21)28-24(30)18-8-10-19(25)11-9-18/h2-13,27H,14-16H2,1H3,(H,26,29)(H,28,30). The van der Waals surface area contributed by atoms with E-state index in [4.69, 9.17) is 16.3 Å². The topological polar surface area (TPSA) is 79.5 Å². The van der Waals surface area contributed by atoms with Crippen LogP contribution in [-0.4, -0.2) is 32.0 Å². The largest absolute Gasteiger partial charge is 0.497 e. The van der Waals surface area contributed by atoms with Crippen molar-refractivity contribution in [1.29, 1.82) is 0 Å². The summed E-state index contributed by atoms with van der Waals surface area (Å²) in [4.78, 5) is 24.7. The number of halogens is 1. The Morgan fingerprint density at radius 2 is 1.58 bits per heavy atom. The zero-order valence-electron chi connectivity index (χ0n) is 17.2. The van der Waals surface area contributed by atoms with E-state index in [0.717, 1.165) is 17.7 Å². The lowest BCUT2D eigenvalue weighted by atomic mass is 10.1. The number of carbonyl (C=O) groups excluding carboxylic acids is 2.